The van der Waals surface area contributed by atoms with Crippen LogP contribution in [-0.2, 0) is 4.74 Å². The van der Waals surface area contributed by atoms with Crippen LogP contribution >= 0.6 is 0 Å². The van der Waals surface area contributed by atoms with Crippen molar-refractivity contribution in [1.29, 1.82) is 0 Å². The van der Waals surface area contributed by atoms with E-state index in [9.17, 15) is 0 Å². The summed E-state index contributed by atoms with van der Waals surface area (Å²) >= 11 is 0. The normalized spacial score (nSPS) is 39.7. The van der Waals surface area contributed by atoms with Gasteiger partial charge in [-0.25, -0.2) is 0 Å². The number of ether oxygens (including phenoxy) is 1. The van der Waals surface area contributed by atoms with Gasteiger partial charge in [-0.05, 0) is 94.8 Å². The molecular formula is C18H34N2O. The highest BCUT2D eigenvalue weighted by molar-refractivity contribution is 5.02. The zero-order valence-electron chi connectivity index (χ0n) is 14.2. The number of nitrogens with one attached hydrogen (secondary N) is 1. The second-order valence-electron chi connectivity index (χ2n) is 8.99. The molecule has 4 saturated carbocycles. The number of rotatable bonds is 7. The van der Waals surface area contributed by atoms with Crippen molar-refractivity contribution in [2.45, 2.75) is 83.3 Å². The van der Waals surface area contributed by atoms with Gasteiger partial charge < -0.3 is 4.74 Å². The highest BCUT2D eigenvalue weighted by atomic mass is 16.5. The molecule has 0 spiro atoms. The van der Waals surface area contributed by atoms with Crippen molar-refractivity contribution in [3.05, 3.63) is 0 Å². The number of nitrogens with two attached hydrogens (primary N) is 1. The van der Waals surface area contributed by atoms with Crippen molar-refractivity contribution < 1.29 is 4.74 Å². The maximum Gasteiger partial charge on any atom is 0.0623 e. The Morgan fingerprint density at radius 2 is 1.67 bits per heavy atom. The van der Waals surface area contributed by atoms with Crippen LogP contribution in [0.1, 0.15) is 71.6 Å². The lowest BCUT2D eigenvalue weighted by molar-refractivity contribution is -0.0639. The van der Waals surface area contributed by atoms with E-state index in [0.717, 1.165) is 30.6 Å². The van der Waals surface area contributed by atoms with E-state index in [-0.39, 0.29) is 5.60 Å². The lowest BCUT2D eigenvalue weighted by atomic mass is 9.48. The summed E-state index contributed by atoms with van der Waals surface area (Å²) in [6, 6.07) is 0.454. The van der Waals surface area contributed by atoms with Crippen LogP contribution in [0.25, 0.3) is 0 Å². The van der Waals surface area contributed by atoms with Crippen LogP contribution in [0.4, 0.5) is 0 Å². The lowest BCUT2D eigenvalue weighted by Gasteiger charge is -2.57. The van der Waals surface area contributed by atoms with E-state index in [0.29, 0.717) is 11.5 Å². The van der Waals surface area contributed by atoms with E-state index in [1.165, 1.54) is 44.9 Å². The molecular weight excluding hydrogens is 260 g/mol. The van der Waals surface area contributed by atoms with E-state index < -0.39 is 0 Å². The SMILES string of the molecule is COC(C)(C)CCC(CC12CC3CC(CC(C3)C1)C2)NN. The Morgan fingerprint density at radius 3 is 2.10 bits per heavy atom. The van der Waals surface area contributed by atoms with Crippen LogP contribution in [0.15, 0.2) is 0 Å². The van der Waals surface area contributed by atoms with Crippen LogP contribution in [0.2, 0.25) is 0 Å². The molecule has 3 N–H and O–H groups in total. The quantitative estimate of drug-likeness (QED) is 0.557. The minimum absolute atomic E-state index is 0.0312. The van der Waals surface area contributed by atoms with E-state index in [4.69, 9.17) is 10.6 Å². The molecule has 0 aromatic rings. The third-order valence-corrected chi connectivity index (χ3v) is 6.73. The number of hydrazine groups is 1. The molecule has 0 aromatic carbocycles. The van der Waals surface area contributed by atoms with E-state index in [1.54, 1.807) is 0 Å². The Bertz CT molecular complexity index is 331. The van der Waals surface area contributed by atoms with Gasteiger partial charge in [0, 0.05) is 13.2 Å². The molecule has 3 heteroatoms. The summed E-state index contributed by atoms with van der Waals surface area (Å²) in [6.45, 7) is 4.34. The summed E-state index contributed by atoms with van der Waals surface area (Å²) in [7, 11) is 1.81. The molecule has 1 atom stereocenters. The van der Waals surface area contributed by atoms with Crippen LogP contribution in [-0.4, -0.2) is 18.8 Å². The van der Waals surface area contributed by atoms with Gasteiger partial charge in [0.15, 0.2) is 0 Å². The maximum absolute atomic E-state index is 5.88. The van der Waals surface area contributed by atoms with Crippen molar-refractivity contribution in [2.75, 3.05) is 7.11 Å². The first-order valence-electron chi connectivity index (χ1n) is 8.95. The minimum Gasteiger partial charge on any atom is -0.379 e. The van der Waals surface area contributed by atoms with Crippen molar-refractivity contribution >= 4 is 0 Å². The van der Waals surface area contributed by atoms with Gasteiger partial charge in [0.25, 0.3) is 0 Å². The molecule has 4 rings (SSSR count). The molecule has 4 fully saturated rings. The molecule has 21 heavy (non-hydrogen) atoms. The van der Waals surface area contributed by atoms with E-state index in [2.05, 4.69) is 19.3 Å². The molecule has 122 valence electrons. The highest BCUT2D eigenvalue weighted by Crippen LogP contribution is 2.61. The summed E-state index contributed by atoms with van der Waals surface area (Å²) in [5.41, 5.74) is 3.70. The second-order valence-corrected chi connectivity index (χ2v) is 8.99. The summed E-state index contributed by atoms with van der Waals surface area (Å²) < 4.78 is 5.56. The smallest absolute Gasteiger partial charge is 0.0623 e. The number of methoxy groups -OCH3 is 1. The Kier molecular flexibility index (Phi) is 4.37. The van der Waals surface area contributed by atoms with Crippen molar-refractivity contribution in [1.82, 2.24) is 5.43 Å². The predicted octanol–water partition coefficient (Wildman–Crippen LogP) is 3.63. The molecule has 4 bridgehead atoms. The predicted molar refractivity (Wildman–Crippen MR) is 86.7 cm³/mol. The molecule has 0 heterocycles. The van der Waals surface area contributed by atoms with Gasteiger partial charge in [0.2, 0.25) is 0 Å². The number of hydrogen-bond donors (Lipinski definition) is 2. The zero-order chi connectivity index (χ0) is 15.1. The largest absolute Gasteiger partial charge is 0.379 e. The molecule has 0 saturated heterocycles. The Hall–Kier alpha value is -0.120. The summed E-state index contributed by atoms with van der Waals surface area (Å²) in [4.78, 5) is 0. The summed E-state index contributed by atoms with van der Waals surface area (Å²) in [5, 5.41) is 0. The monoisotopic (exact) mass is 294 g/mol. The molecule has 1 unspecified atom stereocenters. The lowest BCUT2D eigenvalue weighted by Crippen LogP contribution is -2.50. The topological polar surface area (TPSA) is 47.3 Å². The standard InChI is InChI=1S/C18H34N2O/c1-17(2,21-3)5-4-16(20-19)12-18-9-13-6-14(10-18)8-15(7-13)11-18/h13-16,20H,4-12,19H2,1-3H3. The van der Waals surface area contributed by atoms with Gasteiger partial charge in [0.05, 0.1) is 5.60 Å². The molecule has 0 aliphatic heterocycles. The Labute approximate surface area is 130 Å². The van der Waals surface area contributed by atoms with Crippen molar-refractivity contribution in [3.8, 4) is 0 Å². The summed E-state index contributed by atoms with van der Waals surface area (Å²) in [6.07, 6.45) is 12.5. The zero-order valence-corrected chi connectivity index (χ0v) is 14.2. The molecule has 0 amide bonds. The third-order valence-electron chi connectivity index (χ3n) is 6.73. The second kappa shape index (κ2) is 5.82. The fourth-order valence-electron chi connectivity index (χ4n) is 5.93. The fraction of sp³-hybridized carbons (Fsp3) is 1.00. The maximum atomic E-state index is 5.88. The average Bonchev–Trinajstić information content (AvgIpc) is 2.42. The summed E-state index contributed by atoms with van der Waals surface area (Å²) in [5.74, 6) is 8.98. The number of hydrogen-bond acceptors (Lipinski definition) is 3. The third kappa shape index (κ3) is 3.46. The molecule has 4 aliphatic rings. The van der Waals surface area contributed by atoms with Gasteiger partial charge in [-0.1, -0.05) is 0 Å². The molecule has 4 aliphatic carbocycles. The highest BCUT2D eigenvalue weighted by Gasteiger charge is 2.51. The van der Waals surface area contributed by atoms with Crippen molar-refractivity contribution in [2.24, 2.45) is 29.0 Å². The molecule has 0 radical (unpaired) electrons. The van der Waals surface area contributed by atoms with Gasteiger partial charge in [-0.3, -0.25) is 11.3 Å². The van der Waals surface area contributed by atoms with Gasteiger partial charge in [-0.15, -0.1) is 0 Å². The minimum atomic E-state index is -0.0312. The van der Waals surface area contributed by atoms with Gasteiger partial charge in [0.1, 0.15) is 0 Å². The van der Waals surface area contributed by atoms with Crippen LogP contribution in [0, 0.1) is 23.2 Å². The first-order chi connectivity index (χ1) is 9.93. The van der Waals surface area contributed by atoms with Crippen LogP contribution in [0.3, 0.4) is 0 Å². The molecule has 3 nitrogen and oxygen atoms in total. The van der Waals surface area contributed by atoms with E-state index in [1.807, 2.05) is 7.11 Å². The Balaban J connectivity index is 1.59. The van der Waals surface area contributed by atoms with Gasteiger partial charge >= 0.3 is 0 Å². The van der Waals surface area contributed by atoms with Gasteiger partial charge in [-0.2, -0.15) is 0 Å². The Morgan fingerprint density at radius 1 is 1.14 bits per heavy atom. The van der Waals surface area contributed by atoms with Crippen LogP contribution < -0.4 is 11.3 Å². The first kappa shape index (κ1) is 15.8. The fourth-order valence-corrected chi connectivity index (χ4v) is 5.93. The first-order valence-corrected chi connectivity index (χ1v) is 8.95. The van der Waals surface area contributed by atoms with Crippen molar-refractivity contribution in [3.63, 3.8) is 0 Å². The van der Waals surface area contributed by atoms with Crippen LogP contribution in [0.5, 0.6) is 0 Å². The molecule has 0 aromatic heterocycles. The van der Waals surface area contributed by atoms with E-state index >= 15 is 0 Å². The average molecular weight is 294 g/mol.